The van der Waals surface area contributed by atoms with Crippen molar-refractivity contribution in [3.8, 4) is 16.9 Å². The van der Waals surface area contributed by atoms with Crippen LogP contribution in [-0.2, 0) is 21.0 Å². The molecule has 26 heavy (non-hydrogen) atoms. The fourth-order valence-corrected chi connectivity index (χ4v) is 2.86. The fourth-order valence-electron chi connectivity index (χ4n) is 2.13. The third-order valence-electron chi connectivity index (χ3n) is 3.40. The van der Waals surface area contributed by atoms with E-state index in [1.807, 2.05) is 0 Å². The van der Waals surface area contributed by atoms with Crippen LogP contribution in [0, 0.1) is 0 Å². The van der Waals surface area contributed by atoms with Crippen molar-refractivity contribution in [2.24, 2.45) is 0 Å². The number of carboxylic acids is 1. The fraction of sp³-hybridized carbons (Fsp3) is 0.188. The van der Waals surface area contributed by atoms with E-state index in [9.17, 15) is 26.4 Å². The van der Waals surface area contributed by atoms with Crippen molar-refractivity contribution in [2.45, 2.75) is 11.1 Å². The molecule has 0 amide bonds. The lowest BCUT2D eigenvalue weighted by atomic mass is 10.0. The molecule has 0 saturated carbocycles. The monoisotopic (exact) mass is 389 g/mol. The molecule has 2 rings (SSSR count). The first-order chi connectivity index (χ1) is 12.0. The molecule has 0 aliphatic rings. The highest BCUT2D eigenvalue weighted by atomic mass is 32.2. The van der Waals surface area contributed by atoms with Gasteiger partial charge in [-0.3, -0.25) is 0 Å². The molecule has 0 aliphatic heterocycles. The maximum atomic E-state index is 13.0. The molecule has 0 bridgehead atoms. The predicted octanol–water partition coefficient (Wildman–Crippen LogP) is 2.74. The first-order valence-electron chi connectivity index (χ1n) is 7.14. The third-order valence-corrected chi connectivity index (χ3v) is 4.83. The summed E-state index contributed by atoms with van der Waals surface area (Å²) in [5.74, 6) is -1.35. The molecule has 6 nitrogen and oxygen atoms in total. The van der Waals surface area contributed by atoms with Crippen LogP contribution >= 0.6 is 0 Å². The van der Waals surface area contributed by atoms with Crippen molar-refractivity contribution in [3.63, 3.8) is 0 Å². The summed E-state index contributed by atoms with van der Waals surface area (Å²) >= 11 is 0. The summed E-state index contributed by atoms with van der Waals surface area (Å²) in [5.41, 5.74) is -0.705. The molecule has 0 aliphatic carbocycles. The maximum Gasteiger partial charge on any atom is 0.416 e. The number of carbonyl (C=O) groups is 1. The molecule has 0 spiro atoms. The van der Waals surface area contributed by atoms with E-state index < -0.39 is 34.3 Å². The number of halogens is 3. The second-order valence-corrected chi connectivity index (χ2v) is 7.01. The van der Waals surface area contributed by atoms with Gasteiger partial charge in [0.25, 0.3) is 0 Å². The summed E-state index contributed by atoms with van der Waals surface area (Å²) in [7, 11) is -2.47. The number of rotatable bonds is 6. The number of benzene rings is 2. The van der Waals surface area contributed by atoms with E-state index in [4.69, 9.17) is 9.84 Å². The Labute approximate surface area is 147 Å². The van der Waals surface area contributed by atoms with Crippen molar-refractivity contribution in [1.29, 1.82) is 0 Å². The van der Waals surface area contributed by atoms with Gasteiger partial charge >= 0.3 is 12.1 Å². The highest BCUT2D eigenvalue weighted by Crippen LogP contribution is 2.37. The summed E-state index contributed by atoms with van der Waals surface area (Å²) in [5, 5.41) is 8.69. The van der Waals surface area contributed by atoms with Crippen molar-refractivity contribution in [1.82, 2.24) is 4.72 Å². The molecule has 2 aromatic rings. The number of sulfonamides is 1. The van der Waals surface area contributed by atoms with E-state index >= 15 is 0 Å². The normalized spacial score (nSPS) is 12.0. The Kier molecular flexibility index (Phi) is 5.57. The molecule has 140 valence electrons. The third kappa shape index (κ3) is 4.52. The van der Waals surface area contributed by atoms with Crippen LogP contribution in [0.3, 0.4) is 0 Å². The molecular weight excluding hydrogens is 375 g/mol. The Morgan fingerprint density at radius 2 is 1.77 bits per heavy atom. The van der Waals surface area contributed by atoms with Gasteiger partial charge in [0.2, 0.25) is 10.0 Å². The number of hydrogen-bond acceptors (Lipinski definition) is 4. The number of carboxylic acid groups (broad SMARTS) is 1. The first kappa shape index (κ1) is 19.7. The van der Waals surface area contributed by atoms with Gasteiger partial charge in [-0.15, -0.1) is 0 Å². The molecule has 0 fully saturated rings. The highest BCUT2D eigenvalue weighted by Gasteiger charge is 2.31. The van der Waals surface area contributed by atoms with Crippen LogP contribution in [0.2, 0.25) is 0 Å². The van der Waals surface area contributed by atoms with Crippen molar-refractivity contribution in [3.05, 3.63) is 48.0 Å². The van der Waals surface area contributed by atoms with Gasteiger partial charge in [-0.1, -0.05) is 12.1 Å². The molecule has 2 N–H and O–H groups in total. The zero-order valence-corrected chi connectivity index (χ0v) is 14.2. The molecule has 0 unspecified atom stereocenters. The lowest BCUT2D eigenvalue weighted by molar-refractivity contribution is -0.140. The predicted molar refractivity (Wildman–Crippen MR) is 86.3 cm³/mol. The quantitative estimate of drug-likeness (QED) is 0.793. The summed E-state index contributed by atoms with van der Waals surface area (Å²) in [4.78, 5) is 10.6. The average molecular weight is 389 g/mol. The Morgan fingerprint density at radius 1 is 1.15 bits per heavy atom. The van der Waals surface area contributed by atoms with Gasteiger partial charge in [0.15, 0.2) is 6.61 Å². The van der Waals surface area contributed by atoms with E-state index in [-0.39, 0.29) is 21.8 Å². The Bertz CT molecular complexity index is 908. The van der Waals surface area contributed by atoms with Crippen LogP contribution in [0.15, 0.2) is 47.4 Å². The first-order valence-corrected chi connectivity index (χ1v) is 8.63. The Morgan fingerprint density at radius 3 is 2.27 bits per heavy atom. The van der Waals surface area contributed by atoms with Crippen LogP contribution in [0.1, 0.15) is 5.56 Å². The Hall–Kier alpha value is -2.59. The average Bonchev–Trinajstić information content (AvgIpc) is 2.59. The molecule has 2 aromatic carbocycles. The molecule has 0 radical (unpaired) electrons. The van der Waals surface area contributed by atoms with E-state index in [1.54, 1.807) is 0 Å². The van der Waals surface area contributed by atoms with Crippen LogP contribution in [-0.4, -0.2) is 33.1 Å². The van der Waals surface area contributed by atoms with Crippen LogP contribution in [0.25, 0.3) is 11.1 Å². The number of nitrogens with one attached hydrogen (secondary N) is 1. The van der Waals surface area contributed by atoms with E-state index in [0.29, 0.717) is 0 Å². The molecule has 0 atom stereocenters. The summed E-state index contributed by atoms with van der Waals surface area (Å²) in [6.07, 6.45) is -4.60. The van der Waals surface area contributed by atoms with Gasteiger partial charge < -0.3 is 9.84 Å². The summed E-state index contributed by atoms with van der Waals surface area (Å²) in [6, 6.07) is 7.70. The lowest BCUT2D eigenvalue weighted by Crippen LogP contribution is -2.18. The van der Waals surface area contributed by atoms with E-state index in [0.717, 1.165) is 18.2 Å². The van der Waals surface area contributed by atoms with Gasteiger partial charge in [0, 0.05) is 5.56 Å². The topological polar surface area (TPSA) is 92.7 Å². The van der Waals surface area contributed by atoms with Gasteiger partial charge in [-0.25, -0.2) is 17.9 Å². The van der Waals surface area contributed by atoms with Crippen LogP contribution in [0.4, 0.5) is 13.2 Å². The number of ether oxygens (including phenoxy) is 1. The van der Waals surface area contributed by atoms with Gasteiger partial charge in [-0.2, -0.15) is 13.2 Å². The highest BCUT2D eigenvalue weighted by molar-refractivity contribution is 7.89. The molecule has 0 aromatic heterocycles. The molecule has 10 heteroatoms. The number of alkyl halides is 3. The SMILES string of the molecule is CNS(=O)(=O)c1ccc(-c2cc(C(F)(F)F)ccc2OCC(=O)O)cc1. The smallest absolute Gasteiger partial charge is 0.416 e. The minimum Gasteiger partial charge on any atom is -0.481 e. The van der Waals surface area contributed by atoms with Crippen molar-refractivity contribution in [2.75, 3.05) is 13.7 Å². The minimum atomic E-state index is -4.60. The van der Waals surface area contributed by atoms with E-state index in [2.05, 4.69) is 4.72 Å². The molecule has 0 saturated heterocycles. The Balaban J connectivity index is 2.52. The second-order valence-electron chi connectivity index (χ2n) is 5.12. The van der Waals surface area contributed by atoms with Gasteiger partial charge in [-0.05, 0) is 42.9 Å². The van der Waals surface area contributed by atoms with Crippen molar-refractivity contribution >= 4 is 16.0 Å². The maximum absolute atomic E-state index is 13.0. The minimum absolute atomic E-state index is 0.00511. The lowest BCUT2D eigenvalue weighted by Gasteiger charge is -2.14. The van der Waals surface area contributed by atoms with Crippen molar-refractivity contribution < 1.29 is 36.2 Å². The van der Waals surface area contributed by atoms with Gasteiger partial charge in [0.05, 0.1) is 10.5 Å². The molecule has 0 heterocycles. The number of hydrogen-bond donors (Lipinski definition) is 2. The second kappa shape index (κ2) is 7.34. The largest absolute Gasteiger partial charge is 0.481 e. The number of aliphatic carboxylic acids is 1. The van der Waals surface area contributed by atoms with E-state index in [1.165, 1.54) is 31.3 Å². The molecular formula is C16H14F3NO5S. The zero-order chi connectivity index (χ0) is 19.5. The van der Waals surface area contributed by atoms with Crippen LogP contribution < -0.4 is 9.46 Å². The standard InChI is InChI=1S/C16H14F3NO5S/c1-20-26(23,24)12-5-2-10(3-6-12)13-8-11(16(17,18)19)4-7-14(13)25-9-15(21)22/h2-8,20H,9H2,1H3,(H,21,22). The summed E-state index contributed by atoms with van der Waals surface area (Å²) < 4.78 is 69.5. The van der Waals surface area contributed by atoms with Crippen LogP contribution in [0.5, 0.6) is 5.75 Å². The van der Waals surface area contributed by atoms with Gasteiger partial charge in [0.1, 0.15) is 5.75 Å². The zero-order valence-electron chi connectivity index (χ0n) is 13.4. The summed E-state index contributed by atoms with van der Waals surface area (Å²) in [6.45, 7) is -0.732.